The number of carbonyl (C=O) groups is 2. The van der Waals surface area contributed by atoms with E-state index in [0.29, 0.717) is 22.7 Å². The number of hydrogen-bond donors (Lipinski definition) is 2. The number of methoxy groups -OCH3 is 1. The number of nitriles is 1. The Morgan fingerprint density at radius 2 is 1.66 bits per heavy atom. The fourth-order valence-electron chi connectivity index (χ4n) is 3.04. The van der Waals surface area contributed by atoms with Crippen LogP contribution in [0.3, 0.4) is 0 Å². The summed E-state index contributed by atoms with van der Waals surface area (Å²) in [4.78, 5) is 27.7. The highest BCUT2D eigenvalue weighted by molar-refractivity contribution is 8.00. The van der Waals surface area contributed by atoms with Gasteiger partial charge in [-0.25, -0.2) is 4.98 Å². The van der Waals surface area contributed by atoms with Crippen molar-refractivity contribution in [3.8, 4) is 23.1 Å². The predicted molar refractivity (Wildman–Crippen MR) is 126 cm³/mol. The second-order valence-corrected chi connectivity index (χ2v) is 8.13. The molecule has 0 aliphatic rings. The van der Waals surface area contributed by atoms with Gasteiger partial charge in [0.1, 0.15) is 16.8 Å². The first-order valence-corrected chi connectivity index (χ1v) is 11.1. The molecule has 11 heteroatoms. The minimum atomic E-state index is -4.79. The van der Waals surface area contributed by atoms with E-state index >= 15 is 0 Å². The molecular formula is C24H19F3N4O3S. The Morgan fingerprint density at radius 3 is 2.17 bits per heavy atom. The Morgan fingerprint density at radius 1 is 1.06 bits per heavy atom. The van der Waals surface area contributed by atoms with Gasteiger partial charge in [-0.15, -0.1) is 0 Å². The Balaban J connectivity index is 1.83. The predicted octanol–water partition coefficient (Wildman–Crippen LogP) is 5.34. The number of ether oxygens (including phenoxy) is 1. The molecule has 3 rings (SSSR count). The Bertz CT molecular complexity index is 1270. The molecule has 0 atom stereocenters. The fraction of sp³-hybridized carbons (Fsp3) is 0.167. The lowest BCUT2D eigenvalue weighted by Gasteiger charge is -2.14. The first-order valence-electron chi connectivity index (χ1n) is 10.1. The first kappa shape index (κ1) is 25.6. The van der Waals surface area contributed by atoms with Gasteiger partial charge < -0.3 is 15.4 Å². The molecule has 0 spiro atoms. The molecule has 0 bridgehead atoms. The van der Waals surface area contributed by atoms with Crippen molar-refractivity contribution in [3.63, 3.8) is 0 Å². The van der Waals surface area contributed by atoms with Gasteiger partial charge in [-0.3, -0.25) is 9.59 Å². The monoisotopic (exact) mass is 500 g/mol. The van der Waals surface area contributed by atoms with E-state index in [1.165, 1.54) is 14.0 Å². The van der Waals surface area contributed by atoms with E-state index in [2.05, 4.69) is 15.6 Å². The summed E-state index contributed by atoms with van der Waals surface area (Å²) in [5, 5.41) is 14.4. The van der Waals surface area contributed by atoms with Gasteiger partial charge in [0.2, 0.25) is 11.8 Å². The Labute approximate surface area is 203 Å². The number of rotatable bonds is 7. The smallest absolute Gasteiger partial charge is 0.417 e. The van der Waals surface area contributed by atoms with E-state index in [9.17, 15) is 28.0 Å². The van der Waals surface area contributed by atoms with Crippen LogP contribution in [0.15, 0.2) is 59.6 Å². The van der Waals surface area contributed by atoms with Crippen molar-refractivity contribution in [2.24, 2.45) is 0 Å². The van der Waals surface area contributed by atoms with E-state index < -0.39 is 23.2 Å². The summed E-state index contributed by atoms with van der Waals surface area (Å²) in [5.74, 6) is -0.501. The number of aromatic nitrogens is 1. The summed E-state index contributed by atoms with van der Waals surface area (Å²) in [7, 11) is 1.47. The molecule has 2 aromatic carbocycles. The van der Waals surface area contributed by atoms with E-state index in [-0.39, 0.29) is 22.4 Å². The van der Waals surface area contributed by atoms with Crippen molar-refractivity contribution in [2.45, 2.75) is 18.1 Å². The van der Waals surface area contributed by atoms with Crippen LogP contribution in [0.5, 0.6) is 5.75 Å². The van der Waals surface area contributed by atoms with Gasteiger partial charge in [0, 0.05) is 23.9 Å². The number of alkyl halides is 3. The zero-order chi connectivity index (χ0) is 25.6. The second kappa shape index (κ2) is 10.9. The zero-order valence-electron chi connectivity index (χ0n) is 18.6. The van der Waals surface area contributed by atoms with Crippen molar-refractivity contribution >= 4 is 35.0 Å². The lowest BCUT2D eigenvalue weighted by Crippen LogP contribution is -2.15. The summed E-state index contributed by atoms with van der Waals surface area (Å²) in [6.07, 6.45) is -4.79. The highest BCUT2D eigenvalue weighted by Crippen LogP contribution is 2.38. The quantitative estimate of drug-likeness (QED) is 0.425. The van der Waals surface area contributed by atoms with Gasteiger partial charge in [0.15, 0.2) is 0 Å². The number of nitrogens with one attached hydrogen (secondary N) is 2. The molecule has 2 amide bonds. The molecule has 3 aromatic rings. The highest BCUT2D eigenvalue weighted by Gasteiger charge is 2.36. The number of carbonyl (C=O) groups excluding carboxylic acids is 2. The molecule has 35 heavy (non-hydrogen) atoms. The van der Waals surface area contributed by atoms with E-state index in [1.807, 2.05) is 0 Å². The van der Waals surface area contributed by atoms with E-state index in [0.717, 1.165) is 17.8 Å². The van der Waals surface area contributed by atoms with Crippen molar-refractivity contribution < 1.29 is 27.5 Å². The topological polar surface area (TPSA) is 104 Å². The van der Waals surface area contributed by atoms with Gasteiger partial charge >= 0.3 is 6.18 Å². The van der Waals surface area contributed by atoms with Crippen LogP contribution in [0.1, 0.15) is 18.1 Å². The number of anilines is 2. The molecular weight excluding hydrogens is 481 g/mol. The van der Waals surface area contributed by atoms with Gasteiger partial charge in [-0.2, -0.15) is 18.4 Å². The summed E-state index contributed by atoms with van der Waals surface area (Å²) in [6, 6.07) is 15.0. The molecule has 0 unspecified atom stereocenters. The lowest BCUT2D eigenvalue weighted by atomic mass is 10.1. The average molecular weight is 501 g/mol. The third-order valence-electron chi connectivity index (χ3n) is 4.62. The normalized spacial score (nSPS) is 10.9. The summed E-state index contributed by atoms with van der Waals surface area (Å²) < 4.78 is 46.2. The van der Waals surface area contributed by atoms with Crippen molar-refractivity contribution in [3.05, 3.63) is 65.7 Å². The molecule has 7 nitrogen and oxygen atoms in total. The van der Waals surface area contributed by atoms with E-state index in [4.69, 9.17) is 4.74 Å². The first-order chi connectivity index (χ1) is 16.6. The number of amides is 2. The van der Waals surface area contributed by atoms with Gasteiger partial charge in [0.05, 0.1) is 29.7 Å². The number of halogens is 3. The SMILES string of the molecule is COc1ccc(-c2cc(C(F)(F)F)c(C#N)c(SCC(=O)Nc3ccc(NC(C)=O)cc3)n2)cc1. The third kappa shape index (κ3) is 6.74. The largest absolute Gasteiger partial charge is 0.497 e. The number of nitrogens with zero attached hydrogens (tertiary/aromatic N) is 2. The highest BCUT2D eigenvalue weighted by atomic mass is 32.2. The molecule has 0 saturated heterocycles. The minimum absolute atomic E-state index is 0.00967. The fourth-order valence-corrected chi connectivity index (χ4v) is 3.84. The maximum absolute atomic E-state index is 13.7. The zero-order valence-corrected chi connectivity index (χ0v) is 19.4. The lowest BCUT2D eigenvalue weighted by molar-refractivity contribution is -0.138. The van der Waals surface area contributed by atoms with Crippen molar-refractivity contribution in [1.82, 2.24) is 4.98 Å². The molecule has 1 heterocycles. The van der Waals surface area contributed by atoms with Gasteiger partial charge in [-0.05, 0) is 54.6 Å². The van der Waals surface area contributed by atoms with Crippen LogP contribution in [-0.4, -0.2) is 29.7 Å². The van der Waals surface area contributed by atoms with Crippen LogP contribution < -0.4 is 15.4 Å². The van der Waals surface area contributed by atoms with Gasteiger partial charge in [0.25, 0.3) is 0 Å². The Kier molecular flexibility index (Phi) is 7.98. The van der Waals surface area contributed by atoms with Crippen molar-refractivity contribution in [1.29, 1.82) is 5.26 Å². The molecule has 2 N–H and O–H groups in total. The number of hydrogen-bond acceptors (Lipinski definition) is 6. The third-order valence-corrected chi connectivity index (χ3v) is 5.59. The molecule has 0 aliphatic carbocycles. The molecule has 0 radical (unpaired) electrons. The van der Waals surface area contributed by atoms with Crippen LogP contribution in [-0.2, 0) is 15.8 Å². The molecule has 180 valence electrons. The minimum Gasteiger partial charge on any atom is -0.497 e. The molecule has 1 aromatic heterocycles. The van der Waals surface area contributed by atoms with E-state index in [1.54, 1.807) is 54.6 Å². The maximum Gasteiger partial charge on any atom is 0.417 e. The van der Waals surface area contributed by atoms with Crippen LogP contribution in [0.2, 0.25) is 0 Å². The molecule has 0 fully saturated rings. The summed E-state index contributed by atoms with van der Waals surface area (Å²) in [6.45, 7) is 1.37. The number of pyridine rings is 1. The number of benzene rings is 2. The van der Waals surface area contributed by atoms with Crippen LogP contribution >= 0.6 is 11.8 Å². The maximum atomic E-state index is 13.7. The van der Waals surface area contributed by atoms with Crippen LogP contribution in [0.4, 0.5) is 24.5 Å². The molecule has 0 saturated carbocycles. The molecule has 0 aliphatic heterocycles. The number of thioether (sulfide) groups is 1. The second-order valence-electron chi connectivity index (χ2n) is 7.17. The van der Waals surface area contributed by atoms with Crippen molar-refractivity contribution in [2.75, 3.05) is 23.5 Å². The van der Waals surface area contributed by atoms with Crippen LogP contribution in [0, 0.1) is 11.3 Å². The standard InChI is InChI=1S/C24H19F3N4O3S/c1-14(32)29-16-5-7-17(8-6-16)30-22(33)13-35-23-19(12-28)20(24(25,26)27)11-21(31-23)15-3-9-18(34-2)10-4-15/h3-11H,13H2,1-2H3,(H,29,32)(H,30,33). The Hall–Kier alpha value is -4.04. The summed E-state index contributed by atoms with van der Waals surface area (Å²) >= 11 is 0.730. The van der Waals surface area contributed by atoms with Crippen LogP contribution in [0.25, 0.3) is 11.3 Å². The van der Waals surface area contributed by atoms with Gasteiger partial charge in [-0.1, -0.05) is 11.8 Å². The summed E-state index contributed by atoms with van der Waals surface area (Å²) in [5.41, 5.74) is -0.393. The average Bonchev–Trinajstić information content (AvgIpc) is 2.82.